The van der Waals surface area contributed by atoms with Crippen LogP contribution in [0.15, 0.2) is 48.5 Å². The monoisotopic (exact) mass is 305 g/mol. The second kappa shape index (κ2) is 6.17. The highest BCUT2D eigenvalue weighted by atomic mass is 35.5. The van der Waals surface area contributed by atoms with E-state index in [4.69, 9.17) is 23.2 Å². The second-order valence-electron chi connectivity index (χ2n) is 5.32. The zero-order valence-electron chi connectivity index (χ0n) is 11.2. The number of halogens is 2. The van der Waals surface area contributed by atoms with Gasteiger partial charge in [0.05, 0.1) is 0 Å². The summed E-state index contributed by atoms with van der Waals surface area (Å²) in [7, 11) is 0. The first-order valence-corrected chi connectivity index (χ1v) is 7.71. The Kier molecular flexibility index (Phi) is 4.30. The molecule has 1 N–H and O–H groups in total. The van der Waals surface area contributed by atoms with Crippen molar-refractivity contribution in [3.8, 4) is 0 Å². The maximum absolute atomic E-state index is 6.15. The third-order valence-electron chi connectivity index (χ3n) is 4.04. The van der Waals surface area contributed by atoms with Gasteiger partial charge in [-0.15, -0.1) is 0 Å². The van der Waals surface area contributed by atoms with Gasteiger partial charge in [0.2, 0.25) is 0 Å². The van der Waals surface area contributed by atoms with E-state index < -0.39 is 0 Å². The molecule has 20 heavy (non-hydrogen) atoms. The van der Waals surface area contributed by atoms with Gasteiger partial charge in [0, 0.05) is 22.5 Å². The Labute approximate surface area is 129 Å². The van der Waals surface area contributed by atoms with E-state index in [2.05, 4.69) is 29.6 Å². The molecule has 1 fully saturated rings. The summed E-state index contributed by atoms with van der Waals surface area (Å²) in [6, 6.07) is 16.4. The van der Waals surface area contributed by atoms with Crippen molar-refractivity contribution in [3.05, 3.63) is 69.7 Å². The SMILES string of the molecule is Clc1cccc(C2CCNCC2c2cccc(Cl)c2)c1. The first-order valence-electron chi connectivity index (χ1n) is 6.95. The molecule has 3 rings (SSSR count). The van der Waals surface area contributed by atoms with Gasteiger partial charge in [-0.2, -0.15) is 0 Å². The average Bonchev–Trinajstić information content (AvgIpc) is 2.47. The van der Waals surface area contributed by atoms with Gasteiger partial charge in [0.15, 0.2) is 0 Å². The third kappa shape index (κ3) is 3.01. The summed E-state index contributed by atoms with van der Waals surface area (Å²) < 4.78 is 0. The lowest BCUT2D eigenvalue weighted by Crippen LogP contribution is -2.34. The molecular weight excluding hydrogens is 289 g/mol. The van der Waals surface area contributed by atoms with E-state index in [1.165, 1.54) is 11.1 Å². The van der Waals surface area contributed by atoms with E-state index in [0.717, 1.165) is 29.6 Å². The van der Waals surface area contributed by atoms with Crippen molar-refractivity contribution < 1.29 is 0 Å². The minimum atomic E-state index is 0.445. The molecule has 1 saturated heterocycles. The van der Waals surface area contributed by atoms with Crippen LogP contribution in [0.3, 0.4) is 0 Å². The molecule has 1 aliphatic rings. The van der Waals surface area contributed by atoms with Crippen molar-refractivity contribution in [1.82, 2.24) is 5.32 Å². The molecule has 0 aromatic heterocycles. The van der Waals surface area contributed by atoms with Crippen molar-refractivity contribution in [3.63, 3.8) is 0 Å². The predicted molar refractivity (Wildman–Crippen MR) is 85.9 cm³/mol. The van der Waals surface area contributed by atoms with Gasteiger partial charge < -0.3 is 5.32 Å². The molecule has 3 heteroatoms. The van der Waals surface area contributed by atoms with Crippen LogP contribution in [0.1, 0.15) is 29.4 Å². The van der Waals surface area contributed by atoms with E-state index in [9.17, 15) is 0 Å². The van der Waals surface area contributed by atoms with Crippen LogP contribution in [-0.2, 0) is 0 Å². The minimum Gasteiger partial charge on any atom is -0.316 e. The first-order chi connectivity index (χ1) is 9.74. The van der Waals surface area contributed by atoms with Gasteiger partial charge in [-0.25, -0.2) is 0 Å². The summed E-state index contributed by atoms with van der Waals surface area (Å²) in [6.45, 7) is 2.03. The quantitative estimate of drug-likeness (QED) is 0.836. The van der Waals surface area contributed by atoms with Crippen molar-refractivity contribution in [2.75, 3.05) is 13.1 Å². The molecule has 0 spiro atoms. The van der Waals surface area contributed by atoms with Gasteiger partial charge in [-0.05, 0) is 54.3 Å². The number of benzene rings is 2. The fourth-order valence-electron chi connectivity index (χ4n) is 3.08. The lowest BCUT2D eigenvalue weighted by atomic mass is 9.77. The van der Waals surface area contributed by atoms with Crippen LogP contribution in [0.2, 0.25) is 10.0 Å². The van der Waals surface area contributed by atoms with Crippen LogP contribution in [0, 0.1) is 0 Å². The van der Waals surface area contributed by atoms with Crippen LogP contribution in [0.4, 0.5) is 0 Å². The number of piperidine rings is 1. The molecule has 104 valence electrons. The van der Waals surface area contributed by atoms with Gasteiger partial charge in [0.25, 0.3) is 0 Å². The molecule has 0 aliphatic carbocycles. The number of hydrogen-bond acceptors (Lipinski definition) is 1. The zero-order chi connectivity index (χ0) is 13.9. The maximum Gasteiger partial charge on any atom is 0.0408 e. The molecule has 1 heterocycles. The fraction of sp³-hybridized carbons (Fsp3) is 0.294. The van der Waals surface area contributed by atoms with Crippen LogP contribution < -0.4 is 5.32 Å². The molecule has 2 aromatic rings. The van der Waals surface area contributed by atoms with Gasteiger partial charge in [0.1, 0.15) is 0 Å². The Hall–Kier alpha value is -1.02. The molecule has 0 saturated carbocycles. The Bertz CT molecular complexity index is 544. The van der Waals surface area contributed by atoms with E-state index >= 15 is 0 Å². The largest absolute Gasteiger partial charge is 0.316 e. The number of hydrogen-bond donors (Lipinski definition) is 1. The Morgan fingerprint density at radius 2 is 1.45 bits per heavy atom. The standard InChI is InChI=1S/C17H17Cl2N/c18-14-5-1-3-12(9-14)16-7-8-20-11-17(16)13-4-2-6-15(19)10-13/h1-6,9-10,16-17,20H,7-8,11H2. The molecule has 0 bridgehead atoms. The molecule has 0 amide bonds. The zero-order valence-corrected chi connectivity index (χ0v) is 12.7. The van der Waals surface area contributed by atoms with Crippen LogP contribution in [0.5, 0.6) is 0 Å². The smallest absolute Gasteiger partial charge is 0.0408 e. The van der Waals surface area contributed by atoms with Crippen molar-refractivity contribution in [2.45, 2.75) is 18.3 Å². The third-order valence-corrected chi connectivity index (χ3v) is 4.51. The Morgan fingerprint density at radius 1 is 0.850 bits per heavy atom. The summed E-state index contributed by atoms with van der Waals surface area (Å²) in [4.78, 5) is 0. The van der Waals surface area contributed by atoms with Gasteiger partial charge in [-0.1, -0.05) is 47.5 Å². The van der Waals surface area contributed by atoms with E-state index in [0.29, 0.717) is 11.8 Å². The normalized spacial score (nSPS) is 22.7. The van der Waals surface area contributed by atoms with Crippen LogP contribution >= 0.6 is 23.2 Å². The molecule has 2 atom stereocenters. The highest BCUT2D eigenvalue weighted by Crippen LogP contribution is 2.38. The Morgan fingerprint density at radius 3 is 2.05 bits per heavy atom. The summed E-state index contributed by atoms with van der Waals surface area (Å²) >= 11 is 12.3. The predicted octanol–water partition coefficient (Wildman–Crippen LogP) is 4.85. The number of rotatable bonds is 2. The molecular formula is C17H17Cl2N. The highest BCUT2D eigenvalue weighted by molar-refractivity contribution is 6.30. The van der Waals surface area contributed by atoms with Crippen molar-refractivity contribution >= 4 is 23.2 Å². The summed E-state index contributed by atoms with van der Waals surface area (Å²) in [5.41, 5.74) is 2.62. The van der Waals surface area contributed by atoms with E-state index in [-0.39, 0.29) is 0 Å². The van der Waals surface area contributed by atoms with Crippen LogP contribution in [-0.4, -0.2) is 13.1 Å². The van der Waals surface area contributed by atoms with Crippen molar-refractivity contribution in [1.29, 1.82) is 0 Å². The summed E-state index contributed by atoms with van der Waals surface area (Å²) in [5.74, 6) is 0.939. The first kappa shape index (κ1) is 13.9. The van der Waals surface area contributed by atoms with Gasteiger partial charge in [-0.3, -0.25) is 0 Å². The van der Waals surface area contributed by atoms with Crippen molar-refractivity contribution in [2.24, 2.45) is 0 Å². The summed E-state index contributed by atoms with van der Waals surface area (Å²) in [6.07, 6.45) is 1.12. The fourth-order valence-corrected chi connectivity index (χ4v) is 3.48. The van der Waals surface area contributed by atoms with Gasteiger partial charge >= 0.3 is 0 Å². The highest BCUT2D eigenvalue weighted by Gasteiger charge is 2.27. The average molecular weight is 306 g/mol. The number of nitrogens with one attached hydrogen (secondary N) is 1. The second-order valence-corrected chi connectivity index (χ2v) is 6.19. The lowest BCUT2D eigenvalue weighted by molar-refractivity contribution is 0.404. The van der Waals surface area contributed by atoms with E-state index in [1.807, 2.05) is 24.3 Å². The van der Waals surface area contributed by atoms with E-state index in [1.54, 1.807) is 0 Å². The topological polar surface area (TPSA) is 12.0 Å². The summed E-state index contributed by atoms with van der Waals surface area (Å²) in [5, 5.41) is 5.11. The maximum atomic E-state index is 6.15. The molecule has 1 aliphatic heterocycles. The lowest BCUT2D eigenvalue weighted by Gasteiger charge is -2.33. The Balaban J connectivity index is 1.95. The molecule has 2 aromatic carbocycles. The molecule has 0 radical (unpaired) electrons. The minimum absolute atomic E-state index is 0.445. The molecule has 2 unspecified atom stereocenters. The molecule has 1 nitrogen and oxygen atoms in total. The van der Waals surface area contributed by atoms with Crippen LogP contribution in [0.25, 0.3) is 0 Å².